The quantitative estimate of drug-likeness (QED) is 0.734. The van der Waals surface area contributed by atoms with Crippen LogP contribution in [0, 0.1) is 0 Å². The zero-order valence-corrected chi connectivity index (χ0v) is 9.03. The van der Waals surface area contributed by atoms with Crippen molar-refractivity contribution in [2.75, 3.05) is 0 Å². The highest BCUT2D eigenvalue weighted by molar-refractivity contribution is 5.08. The van der Waals surface area contributed by atoms with Gasteiger partial charge in [-0.25, -0.2) is 0 Å². The lowest BCUT2D eigenvalue weighted by Gasteiger charge is -2.25. The molecule has 1 atom stereocenters. The maximum absolute atomic E-state index is 5.95. The van der Waals surface area contributed by atoms with Crippen LogP contribution in [0.4, 0.5) is 0 Å². The third kappa shape index (κ3) is 1.52. The summed E-state index contributed by atoms with van der Waals surface area (Å²) in [5.74, 6) is 0.969. The Hall–Kier alpha value is -0.970. The predicted molar refractivity (Wildman–Crippen MR) is 50.8 cm³/mol. The number of hydrogen-bond acceptors (Lipinski definition) is 4. The Morgan fingerprint density at radius 1 is 1.36 bits per heavy atom. The summed E-state index contributed by atoms with van der Waals surface area (Å²) in [5, 5.41) is 14.1. The first-order chi connectivity index (χ1) is 6.41. The van der Waals surface area contributed by atoms with E-state index in [2.05, 4.69) is 48.3 Å². The first-order valence-corrected chi connectivity index (χ1v) is 4.84. The first kappa shape index (κ1) is 9.58. The molecule has 1 fully saturated rings. The van der Waals surface area contributed by atoms with Crippen LogP contribution in [0.1, 0.15) is 45.9 Å². The minimum Gasteiger partial charge on any atom is -0.369 e. The number of H-pyrrole nitrogens is 1. The summed E-state index contributed by atoms with van der Waals surface area (Å²) in [4.78, 5) is 0. The normalized spacial score (nSPS) is 29.3. The van der Waals surface area contributed by atoms with Crippen molar-refractivity contribution in [1.82, 2.24) is 20.6 Å². The summed E-state index contributed by atoms with van der Waals surface area (Å²) in [6, 6.07) is 0. The van der Waals surface area contributed by atoms with Crippen LogP contribution in [0.15, 0.2) is 0 Å². The number of nitrogens with zero attached hydrogens (tertiary/aromatic N) is 3. The molecule has 0 radical (unpaired) electrons. The number of aromatic amines is 1. The molecule has 14 heavy (non-hydrogen) atoms. The molecule has 5 heteroatoms. The van der Waals surface area contributed by atoms with Crippen LogP contribution in [-0.2, 0) is 4.74 Å². The number of ether oxygens (including phenoxy) is 1. The Balaban J connectivity index is 2.29. The molecule has 0 saturated carbocycles. The van der Waals surface area contributed by atoms with E-state index in [4.69, 9.17) is 4.74 Å². The van der Waals surface area contributed by atoms with Gasteiger partial charge in [-0.15, -0.1) is 10.2 Å². The maximum Gasteiger partial charge on any atom is 0.180 e. The monoisotopic (exact) mass is 196 g/mol. The van der Waals surface area contributed by atoms with Crippen LogP contribution in [-0.4, -0.2) is 31.8 Å². The number of nitrogens with one attached hydrogen (secondary N) is 1. The average molecular weight is 196 g/mol. The molecule has 1 aliphatic heterocycles. The molecule has 0 aromatic carbocycles. The van der Waals surface area contributed by atoms with Gasteiger partial charge in [0.05, 0.1) is 17.1 Å². The van der Waals surface area contributed by atoms with Gasteiger partial charge in [0.2, 0.25) is 0 Å². The fourth-order valence-corrected chi connectivity index (χ4v) is 2.28. The molecule has 5 nitrogen and oxygen atoms in total. The molecule has 1 aromatic rings. The first-order valence-electron chi connectivity index (χ1n) is 4.84. The molecule has 0 aliphatic carbocycles. The molecule has 2 heterocycles. The van der Waals surface area contributed by atoms with Gasteiger partial charge in [-0.3, -0.25) is 0 Å². The summed E-state index contributed by atoms with van der Waals surface area (Å²) in [5.41, 5.74) is -0.317. The molecule has 0 bridgehead atoms. The minimum absolute atomic E-state index is 0.102. The summed E-state index contributed by atoms with van der Waals surface area (Å²) in [6.45, 7) is 8.33. The fourth-order valence-electron chi connectivity index (χ4n) is 2.28. The Kier molecular flexibility index (Phi) is 1.89. The molecule has 1 unspecified atom stereocenters. The zero-order valence-electron chi connectivity index (χ0n) is 9.03. The van der Waals surface area contributed by atoms with E-state index in [9.17, 15) is 0 Å². The Morgan fingerprint density at radius 3 is 2.50 bits per heavy atom. The summed E-state index contributed by atoms with van der Waals surface area (Å²) in [7, 11) is 0. The van der Waals surface area contributed by atoms with E-state index in [1.165, 1.54) is 0 Å². The van der Waals surface area contributed by atoms with Crippen LogP contribution in [0.2, 0.25) is 0 Å². The Labute approximate surface area is 83.2 Å². The highest BCUT2D eigenvalue weighted by atomic mass is 16.5. The number of rotatable bonds is 1. The van der Waals surface area contributed by atoms with Gasteiger partial charge in [0.25, 0.3) is 0 Å². The molecule has 1 aliphatic rings. The largest absolute Gasteiger partial charge is 0.369 e. The van der Waals surface area contributed by atoms with Gasteiger partial charge in [-0.1, -0.05) is 5.21 Å². The van der Waals surface area contributed by atoms with Gasteiger partial charge >= 0.3 is 0 Å². The molecule has 1 N–H and O–H groups in total. The second-order valence-corrected chi connectivity index (χ2v) is 4.99. The van der Waals surface area contributed by atoms with Gasteiger partial charge < -0.3 is 4.74 Å². The van der Waals surface area contributed by atoms with Crippen molar-refractivity contribution in [2.24, 2.45) is 0 Å². The maximum atomic E-state index is 5.95. The second-order valence-electron chi connectivity index (χ2n) is 4.99. The van der Waals surface area contributed by atoms with E-state index in [0.717, 1.165) is 12.2 Å². The average Bonchev–Trinajstić information content (AvgIpc) is 2.54. The Morgan fingerprint density at radius 2 is 2.07 bits per heavy atom. The van der Waals surface area contributed by atoms with E-state index in [-0.39, 0.29) is 17.1 Å². The Bertz CT molecular complexity index is 318. The third-order valence-electron chi connectivity index (χ3n) is 2.75. The topological polar surface area (TPSA) is 63.7 Å². The molecule has 1 aromatic heterocycles. The van der Waals surface area contributed by atoms with Gasteiger partial charge in [0, 0.05) is 0 Å². The molecule has 78 valence electrons. The van der Waals surface area contributed by atoms with Crippen molar-refractivity contribution in [3.63, 3.8) is 0 Å². The molecule has 1 saturated heterocycles. The van der Waals surface area contributed by atoms with Crippen molar-refractivity contribution in [1.29, 1.82) is 0 Å². The van der Waals surface area contributed by atoms with Crippen LogP contribution in [0.3, 0.4) is 0 Å². The van der Waals surface area contributed by atoms with Crippen LogP contribution in [0.25, 0.3) is 0 Å². The van der Waals surface area contributed by atoms with Crippen molar-refractivity contribution in [3.05, 3.63) is 5.82 Å². The minimum atomic E-state index is -0.215. The van der Waals surface area contributed by atoms with E-state index in [1.54, 1.807) is 0 Å². The van der Waals surface area contributed by atoms with E-state index in [1.807, 2.05) is 0 Å². The SMILES string of the molecule is CC1(C)CC(c2nn[nH]n2)C(C)(C)O1. The highest BCUT2D eigenvalue weighted by Crippen LogP contribution is 2.46. The molecule has 2 rings (SSSR count). The molecular weight excluding hydrogens is 180 g/mol. The van der Waals surface area contributed by atoms with Crippen molar-refractivity contribution in [3.8, 4) is 0 Å². The van der Waals surface area contributed by atoms with Crippen molar-refractivity contribution < 1.29 is 4.74 Å². The zero-order chi connectivity index (χ0) is 10.4. The lowest BCUT2D eigenvalue weighted by atomic mass is 9.87. The van der Waals surface area contributed by atoms with Gasteiger partial charge in [-0.2, -0.15) is 5.21 Å². The molecule has 0 amide bonds. The van der Waals surface area contributed by atoms with Crippen LogP contribution < -0.4 is 0 Å². The standard InChI is InChI=1S/C9H16N4O/c1-8(2)5-6(9(3,4)14-8)7-10-12-13-11-7/h6H,5H2,1-4H3,(H,10,11,12,13). The second kappa shape index (κ2) is 2.76. The third-order valence-corrected chi connectivity index (χ3v) is 2.75. The summed E-state index contributed by atoms with van der Waals surface area (Å²) < 4.78 is 5.95. The predicted octanol–water partition coefficient (Wildman–Crippen LogP) is 1.26. The highest BCUT2D eigenvalue weighted by Gasteiger charge is 2.48. The number of hydrogen-bond donors (Lipinski definition) is 1. The number of aromatic nitrogens is 4. The lowest BCUT2D eigenvalue weighted by Crippen LogP contribution is -2.28. The summed E-state index contributed by atoms with van der Waals surface area (Å²) in [6.07, 6.45) is 0.930. The van der Waals surface area contributed by atoms with E-state index >= 15 is 0 Å². The number of tetrazole rings is 1. The van der Waals surface area contributed by atoms with Crippen LogP contribution >= 0.6 is 0 Å². The van der Waals surface area contributed by atoms with Crippen LogP contribution in [0.5, 0.6) is 0 Å². The van der Waals surface area contributed by atoms with E-state index < -0.39 is 0 Å². The smallest absolute Gasteiger partial charge is 0.180 e. The van der Waals surface area contributed by atoms with Crippen molar-refractivity contribution >= 4 is 0 Å². The fraction of sp³-hybridized carbons (Fsp3) is 0.889. The van der Waals surface area contributed by atoms with E-state index in [0.29, 0.717) is 0 Å². The van der Waals surface area contributed by atoms with Gasteiger partial charge in [0.1, 0.15) is 0 Å². The van der Waals surface area contributed by atoms with Gasteiger partial charge in [0.15, 0.2) is 5.82 Å². The van der Waals surface area contributed by atoms with Gasteiger partial charge in [-0.05, 0) is 34.1 Å². The molecular formula is C9H16N4O. The summed E-state index contributed by atoms with van der Waals surface area (Å²) >= 11 is 0. The molecule has 0 spiro atoms. The lowest BCUT2D eigenvalue weighted by molar-refractivity contribution is -0.0685. The van der Waals surface area contributed by atoms with Crippen molar-refractivity contribution in [2.45, 2.75) is 51.2 Å².